The number of nitrogens with zero attached hydrogens (tertiary/aromatic N) is 2. The number of benzene rings is 1. The standard InChI is InChI=1S/C23H25ClN4O5/c1-2-32-22(30)19-17(25-23(31)26-20(19)15-5-3-6-16(24)13-15)14-27-8-10-28(11-9-27)21(29)18-7-4-12-33-18/h3-7,12-13,20H,2,8-11,14H2,1H3,(H2,25,26,31)/t20-/m1/s1. The third kappa shape index (κ3) is 5.20. The summed E-state index contributed by atoms with van der Waals surface area (Å²) in [5, 5.41) is 6.09. The number of carbonyl (C=O) groups excluding carboxylic acids is 3. The van der Waals surface area contributed by atoms with E-state index in [0.717, 1.165) is 0 Å². The van der Waals surface area contributed by atoms with Gasteiger partial charge in [0.05, 0.1) is 24.5 Å². The first-order valence-electron chi connectivity index (χ1n) is 10.7. The maximum Gasteiger partial charge on any atom is 0.338 e. The summed E-state index contributed by atoms with van der Waals surface area (Å²) >= 11 is 6.15. The van der Waals surface area contributed by atoms with E-state index in [4.69, 9.17) is 20.8 Å². The number of furan rings is 1. The maximum atomic E-state index is 12.9. The van der Waals surface area contributed by atoms with Crippen LogP contribution in [-0.2, 0) is 9.53 Å². The molecule has 9 nitrogen and oxygen atoms in total. The Hall–Kier alpha value is -3.30. The molecule has 1 aromatic heterocycles. The van der Waals surface area contributed by atoms with Crippen molar-refractivity contribution in [2.24, 2.45) is 0 Å². The van der Waals surface area contributed by atoms with E-state index in [1.165, 1.54) is 6.26 Å². The molecule has 2 aliphatic rings. The number of piperazine rings is 1. The average molecular weight is 473 g/mol. The second-order valence-corrected chi connectivity index (χ2v) is 8.18. The van der Waals surface area contributed by atoms with Crippen molar-refractivity contribution in [3.8, 4) is 0 Å². The number of hydrogen-bond acceptors (Lipinski definition) is 6. The number of esters is 1. The van der Waals surface area contributed by atoms with Crippen LogP contribution in [0.25, 0.3) is 0 Å². The monoisotopic (exact) mass is 472 g/mol. The van der Waals surface area contributed by atoms with Gasteiger partial charge < -0.3 is 24.7 Å². The Morgan fingerprint density at radius 2 is 1.97 bits per heavy atom. The Bertz CT molecular complexity index is 1060. The van der Waals surface area contributed by atoms with Crippen LogP contribution in [0.1, 0.15) is 29.1 Å². The number of ether oxygens (including phenoxy) is 1. The second kappa shape index (κ2) is 10.1. The van der Waals surface area contributed by atoms with E-state index in [0.29, 0.717) is 60.3 Å². The van der Waals surface area contributed by atoms with Gasteiger partial charge in [-0.1, -0.05) is 23.7 Å². The maximum absolute atomic E-state index is 12.9. The van der Waals surface area contributed by atoms with Crippen LogP contribution in [0.3, 0.4) is 0 Å². The molecule has 10 heteroatoms. The smallest absolute Gasteiger partial charge is 0.338 e. The number of rotatable bonds is 6. The number of nitrogens with one attached hydrogen (secondary N) is 2. The van der Waals surface area contributed by atoms with Gasteiger partial charge in [-0.05, 0) is 36.8 Å². The highest BCUT2D eigenvalue weighted by atomic mass is 35.5. The van der Waals surface area contributed by atoms with Gasteiger partial charge in [0, 0.05) is 43.4 Å². The molecule has 2 N–H and O–H groups in total. The fraction of sp³-hybridized carbons (Fsp3) is 0.348. The van der Waals surface area contributed by atoms with Crippen LogP contribution < -0.4 is 10.6 Å². The predicted octanol–water partition coefficient (Wildman–Crippen LogP) is 2.56. The van der Waals surface area contributed by atoms with Gasteiger partial charge in [-0.3, -0.25) is 9.69 Å². The van der Waals surface area contributed by atoms with E-state index in [-0.39, 0.29) is 12.5 Å². The molecular formula is C23H25ClN4O5. The molecule has 0 spiro atoms. The van der Waals surface area contributed by atoms with Crippen LogP contribution in [0, 0.1) is 0 Å². The molecule has 1 aromatic carbocycles. The highest BCUT2D eigenvalue weighted by Gasteiger charge is 2.35. The summed E-state index contributed by atoms with van der Waals surface area (Å²) in [7, 11) is 0. The SMILES string of the molecule is CCOC(=O)C1=C(CN2CCN(C(=O)c3ccco3)CC2)NC(=O)N[C@@H]1c1cccc(Cl)c1. The summed E-state index contributed by atoms with van der Waals surface area (Å²) < 4.78 is 10.5. The van der Waals surface area contributed by atoms with Gasteiger partial charge in [0.15, 0.2) is 5.76 Å². The van der Waals surface area contributed by atoms with E-state index >= 15 is 0 Å². The minimum Gasteiger partial charge on any atom is -0.463 e. The lowest BCUT2D eigenvalue weighted by molar-refractivity contribution is -0.139. The van der Waals surface area contributed by atoms with Crippen LogP contribution >= 0.6 is 11.6 Å². The van der Waals surface area contributed by atoms with E-state index < -0.39 is 18.0 Å². The summed E-state index contributed by atoms with van der Waals surface area (Å²) in [6.45, 7) is 4.45. The Kier molecular flexibility index (Phi) is 7.00. The Balaban J connectivity index is 1.54. The summed E-state index contributed by atoms with van der Waals surface area (Å²) in [5.41, 5.74) is 1.51. The zero-order valence-electron chi connectivity index (χ0n) is 18.2. The average Bonchev–Trinajstić information content (AvgIpc) is 3.34. The number of hydrogen-bond donors (Lipinski definition) is 2. The molecule has 0 aliphatic carbocycles. The van der Waals surface area contributed by atoms with E-state index in [1.54, 1.807) is 48.2 Å². The molecular weight excluding hydrogens is 448 g/mol. The molecule has 1 atom stereocenters. The fourth-order valence-electron chi connectivity index (χ4n) is 4.02. The quantitative estimate of drug-likeness (QED) is 0.626. The molecule has 174 valence electrons. The number of urea groups is 1. The highest BCUT2D eigenvalue weighted by Crippen LogP contribution is 2.29. The van der Waals surface area contributed by atoms with Crippen molar-refractivity contribution < 1.29 is 23.5 Å². The lowest BCUT2D eigenvalue weighted by Crippen LogP contribution is -2.52. The van der Waals surface area contributed by atoms with Crippen LogP contribution in [0.4, 0.5) is 4.79 Å². The van der Waals surface area contributed by atoms with E-state index in [2.05, 4.69) is 15.5 Å². The van der Waals surface area contributed by atoms with Gasteiger partial charge in [-0.15, -0.1) is 0 Å². The Morgan fingerprint density at radius 3 is 2.64 bits per heavy atom. The lowest BCUT2D eigenvalue weighted by Gasteiger charge is -2.36. The van der Waals surface area contributed by atoms with Crippen molar-refractivity contribution in [1.82, 2.24) is 20.4 Å². The van der Waals surface area contributed by atoms with Crippen LogP contribution in [0.2, 0.25) is 5.02 Å². The molecule has 4 rings (SSSR count). The van der Waals surface area contributed by atoms with Crippen LogP contribution in [-0.4, -0.2) is 67.0 Å². The lowest BCUT2D eigenvalue weighted by atomic mass is 9.95. The zero-order valence-corrected chi connectivity index (χ0v) is 18.9. The van der Waals surface area contributed by atoms with Gasteiger partial charge in [0.25, 0.3) is 5.91 Å². The highest BCUT2D eigenvalue weighted by molar-refractivity contribution is 6.30. The Labute approximate surface area is 196 Å². The van der Waals surface area contributed by atoms with Crippen molar-refractivity contribution in [2.45, 2.75) is 13.0 Å². The molecule has 0 radical (unpaired) electrons. The topological polar surface area (TPSA) is 104 Å². The van der Waals surface area contributed by atoms with Gasteiger partial charge in [0.1, 0.15) is 0 Å². The molecule has 1 saturated heterocycles. The van der Waals surface area contributed by atoms with Crippen molar-refractivity contribution in [3.05, 3.63) is 70.3 Å². The van der Waals surface area contributed by atoms with E-state index in [1.807, 2.05) is 0 Å². The molecule has 3 heterocycles. The molecule has 2 aromatic rings. The summed E-state index contributed by atoms with van der Waals surface area (Å²) in [6, 6.07) is 9.25. The van der Waals surface area contributed by atoms with Crippen molar-refractivity contribution >= 4 is 29.5 Å². The van der Waals surface area contributed by atoms with Crippen LogP contribution in [0.15, 0.2) is 58.3 Å². The normalized spacial score (nSPS) is 19.2. The van der Waals surface area contributed by atoms with Crippen molar-refractivity contribution in [3.63, 3.8) is 0 Å². The molecule has 3 amide bonds. The van der Waals surface area contributed by atoms with Gasteiger partial charge >= 0.3 is 12.0 Å². The first-order valence-corrected chi connectivity index (χ1v) is 11.1. The minimum atomic E-state index is -0.687. The second-order valence-electron chi connectivity index (χ2n) is 7.74. The van der Waals surface area contributed by atoms with Crippen molar-refractivity contribution in [1.29, 1.82) is 0 Å². The molecule has 1 fully saturated rings. The van der Waals surface area contributed by atoms with E-state index in [9.17, 15) is 14.4 Å². The number of halogens is 1. The van der Waals surface area contributed by atoms with Crippen LogP contribution in [0.5, 0.6) is 0 Å². The molecule has 33 heavy (non-hydrogen) atoms. The Morgan fingerprint density at radius 1 is 1.18 bits per heavy atom. The zero-order chi connectivity index (χ0) is 23.4. The molecule has 0 saturated carbocycles. The predicted molar refractivity (Wildman–Crippen MR) is 121 cm³/mol. The van der Waals surface area contributed by atoms with Crippen molar-refractivity contribution in [2.75, 3.05) is 39.3 Å². The minimum absolute atomic E-state index is 0.151. The molecule has 0 unspecified atom stereocenters. The van der Waals surface area contributed by atoms with Gasteiger partial charge in [-0.25, -0.2) is 9.59 Å². The third-order valence-corrected chi connectivity index (χ3v) is 5.84. The molecule has 0 bridgehead atoms. The summed E-state index contributed by atoms with van der Waals surface area (Å²) in [5.74, 6) is -0.343. The first-order chi connectivity index (χ1) is 16.0. The summed E-state index contributed by atoms with van der Waals surface area (Å²) in [6.07, 6.45) is 1.48. The van der Waals surface area contributed by atoms with Gasteiger partial charge in [0.2, 0.25) is 0 Å². The first kappa shape index (κ1) is 22.9. The number of amides is 3. The van der Waals surface area contributed by atoms with Gasteiger partial charge in [-0.2, -0.15) is 0 Å². The number of carbonyl (C=O) groups is 3. The summed E-state index contributed by atoms with van der Waals surface area (Å²) in [4.78, 5) is 41.7. The largest absolute Gasteiger partial charge is 0.463 e. The fourth-order valence-corrected chi connectivity index (χ4v) is 4.22. The third-order valence-electron chi connectivity index (χ3n) is 5.60. The molecule has 2 aliphatic heterocycles.